The first-order chi connectivity index (χ1) is 6.77. The van der Waals surface area contributed by atoms with E-state index in [9.17, 15) is 0 Å². The van der Waals surface area contributed by atoms with Gasteiger partial charge in [0.25, 0.3) is 0 Å². The highest BCUT2D eigenvalue weighted by Crippen LogP contribution is 2.11. The molecule has 0 spiro atoms. The fraction of sp³-hybridized carbons (Fsp3) is 0.250. The zero-order valence-electron chi connectivity index (χ0n) is 8.54. The van der Waals surface area contributed by atoms with Crippen molar-refractivity contribution in [3.05, 3.63) is 41.0 Å². The number of nitrogens with zero attached hydrogens (tertiary/aromatic N) is 1. The van der Waals surface area contributed by atoms with Crippen LogP contribution >= 0.6 is 0 Å². The summed E-state index contributed by atoms with van der Waals surface area (Å²) in [6, 6.07) is 9.79. The van der Waals surface area contributed by atoms with E-state index in [1.54, 1.807) is 0 Å². The first-order valence-electron chi connectivity index (χ1n) is 4.59. The molecule has 0 aliphatic rings. The van der Waals surface area contributed by atoms with Gasteiger partial charge in [-0.2, -0.15) is 5.26 Å². The molecule has 72 valence electrons. The Balaban J connectivity index is 2.97. The molecule has 14 heavy (non-hydrogen) atoms. The van der Waals surface area contributed by atoms with Gasteiger partial charge in [0, 0.05) is 6.54 Å². The number of likely N-dealkylation sites (N-methyl/N-ethyl adjacent to an activating group) is 1. The number of rotatable bonds is 3. The van der Waals surface area contributed by atoms with Crippen LogP contribution in [0.25, 0.3) is 6.08 Å². The molecule has 2 heteroatoms. The van der Waals surface area contributed by atoms with Crippen LogP contribution in [0.4, 0.5) is 0 Å². The molecule has 0 radical (unpaired) electrons. The van der Waals surface area contributed by atoms with Gasteiger partial charge in [-0.3, -0.25) is 0 Å². The van der Waals surface area contributed by atoms with Gasteiger partial charge in [0.05, 0.1) is 11.6 Å². The zero-order chi connectivity index (χ0) is 10.4. The molecule has 2 nitrogen and oxygen atoms in total. The number of hydrogen-bond donors (Lipinski definition) is 1. The third kappa shape index (κ3) is 2.72. The SMILES string of the molecule is CNC/C(C)=C/c1ccccc1C#N. The monoisotopic (exact) mass is 186 g/mol. The predicted molar refractivity (Wildman–Crippen MR) is 58.7 cm³/mol. The lowest BCUT2D eigenvalue weighted by Crippen LogP contribution is -2.08. The maximum absolute atomic E-state index is 8.87. The Morgan fingerprint density at radius 3 is 2.86 bits per heavy atom. The molecule has 0 atom stereocenters. The topological polar surface area (TPSA) is 35.8 Å². The van der Waals surface area contributed by atoms with Crippen molar-refractivity contribution in [3.63, 3.8) is 0 Å². The molecule has 0 unspecified atom stereocenters. The van der Waals surface area contributed by atoms with Gasteiger partial charge in [0.15, 0.2) is 0 Å². The summed E-state index contributed by atoms with van der Waals surface area (Å²) in [6.07, 6.45) is 2.04. The van der Waals surface area contributed by atoms with Gasteiger partial charge < -0.3 is 5.32 Å². The van der Waals surface area contributed by atoms with Crippen molar-refractivity contribution < 1.29 is 0 Å². The second-order valence-corrected chi connectivity index (χ2v) is 3.22. The van der Waals surface area contributed by atoms with Gasteiger partial charge in [-0.15, -0.1) is 0 Å². The van der Waals surface area contributed by atoms with Crippen molar-refractivity contribution in [3.8, 4) is 6.07 Å². The standard InChI is InChI=1S/C12H14N2/c1-10(9-14-2)7-11-5-3-4-6-12(11)8-13/h3-7,14H,9H2,1-2H3/b10-7+. The Labute approximate surface area is 84.9 Å². The first-order valence-corrected chi connectivity index (χ1v) is 4.59. The van der Waals surface area contributed by atoms with Gasteiger partial charge in [-0.05, 0) is 25.6 Å². The molecular formula is C12H14N2. The highest BCUT2D eigenvalue weighted by Gasteiger charge is 1.97. The second kappa shape index (κ2) is 5.21. The molecule has 0 aliphatic heterocycles. The van der Waals surface area contributed by atoms with Crippen molar-refractivity contribution in [1.29, 1.82) is 5.26 Å². The maximum Gasteiger partial charge on any atom is 0.0997 e. The lowest BCUT2D eigenvalue weighted by atomic mass is 10.1. The second-order valence-electron chi connectivity index (χ2n) is 3.22. The third-order valence-electron chi connectivity index (χ3n) is 1.94. The molecule has 0 bridgehead atoms. The summed E-state index contributed by atoms with van der Waals surface area (Å²) < 4.78 is 0. The highest BCUT2D eigenvalue weighted by atomic mass is 14.8. The Hall–Kier alpha value is -1.59. The summed E-state index contributed by atoms with van der Waals surface area (Å²) in [5.41, 5.74) is 2.93. The Bertz CT molecular complexity index is 372. The van der Waals surface area contributed by atoms with Crippen molar-refractivity contribution in [1.82, 2.24) is 5.32 Å². The van der Waals surface area contributed by atoms with Gasteiger partial charge in [0.1, 0.15) is 0 Å². The molecule has 0 saturated carbocycles. The maximum atomic E-state index is 8.87. The summed E-state index contributed by atoms with van der Waals surface area (Å²) in [5, 5.41) is 11.9. The van der Waals surface area contributed by atoms with Crippen LogP contribution in [0.2, 0.25) is 0 Å². The molecule has 0 aromatic heterocycles. The Morgan fingerprint density at radius 1 is 1.50 bits per heavy atom. The third-order valence-corrected chi connectivity index (χ3v) is 1.94. The summed E-state index contributed by atoms with van der Waals surface area (Å²) in [4.78, 5) is 0. The minimum absolute atomic E-state index is 0.725. The van der Waals surface area contributed by atoms with E-state index in [2.05, 4.69) is 11.4 Å². The lowest BCUT2D eigenvalue weighted by molar-refractivity contribution is 0.884. The van der Waals surface area contributed by atoms with Crippen molar-refractivity contribution in [2.45, 2.75) is 6.92 Å². The van der Waals surface area contributed by atoms with Crippen LogP contribution in [-0.2, 0) is 0 Å². The van der Waals surface area contributed by atoms with Crippen LogP contribution in [0, 0.1) is 11.3 Å². The van der Waals surface area contributed by atoms with Crippen LogP contribution in [0.3, 0.4) is 0 Å². The molecule has 0 amide bonds. The summed E-state index contributed by atoms with van der Waals surface area (Å²) in [6.45, 7) is 2.89. The van der Waals surface area contributed by atoms with E-state index >= 15 is 0 Å². The van der Waals surface area contributed by atoms with Gasteiger partial charge in [-0.25, -0.2) is 0 Å². The largest absolute Gasteiger partial charge is 0.316 e. The predicted octanol–water partition coefficient (Wildman–Crippen LogP) is 2.18. The van der Waals surface area contributed by atoms with Crippen molar-refractivity contribution >= 4 is 6.08 Å². The minimum atomic E-state index is 0.725. The molecule has 0 saturated heterocycles. The molecular weight excluding hydrogens is 172 g/mol. The number of hydrogen-bond acceptors (Lipinski definition) is 2. The normalized spacial score (nSPS) is 11.1. The van der Waals surface area contributed by atoms with Crippen LogP contribution in [0.1, 0.15) is 18.1 Å². The zero-order valence-corrected chi connectivity index (χ0v) is 8.54. The van der Waals surface area contributed by atoms with Crippen LogP contribution < -0.4 is 5.32 Å². The van der Waals surface area contributed by atoms with Gasteiger partial charge >= 0.3 is 0 Å². The number of nitriles is 1. The van der Waals surface area contributed by atoms with Crippen LogP contribution in [-0.4, -0.2) is 13.6 Å². The summed E-state index contributed by atoms with van der Waals surface area (Å²) in [5.74, 6) is 0. The van der Waals surface area contributed by atoms with E-state index in [1.165, 1.54) is 5.57 Å². The number of nitrogens with one attached hydrogen (secondary N) is 1. The summed E-state index contributed by atoms with van der Waals surface area (Å²) >= 11 is 0. The van der Waals surface area contributed by atoms with E-state index in [0.29, 0.717) is 0 Å². The molecule has 0 fully saturated rings. The average molecular weight is 186 g/mol. The van der Waals surface area contributed by atoms with Crippen molar-refractivity contribution in [2.75, 3.05) is 13.6 Å². The van der Waals surface area contributed by atoms with Crippen LogP contribution in [0.5, 0.6) is 0 Å². The Kier molecular flexibility index (Phi) is 3.90. The lowest BCUT2D eigenvalue weighted by Gasteiger charge is -2.01. The van der Waals surface area contributed by atoms with E-state index in [1.807, 2.05) is 44.3 Å². The van der Waals surface area contributed by atoms with Crippen molar-refractivity contribution in [2.24, 2.45) is 0 Å². The van der Waals surface area contributed by atoms with E-state index in [-0.39, 0.29) is 0 Å². The van der Waals surface area contributed by atoms with Gasteiger partial charge in [0.2, 0.25) is 0 Å². The Morgan fingerprint density at radius 2 is 2.21 bits per heavy atom. The fourth-order valence-corrected chi connectivity index (χ4v) is 1.32. The van der Waals surface area contributed by atoms with E-state index in [4.69, 9.17) is 5.26 Å². The molecule has 0 heterocycles. The first kappa shape index (κ1) is 10.5. The minimum Gasteiger partial charge on any atom is -0.316 e. The van der Waals surface area contributed by atoms with E-state index < -0.39 is 0 Å². The number of benzene rings is 1. The molecule has 1 rings (SSSR count). The smallest absolute Gasteiger partial charge is 0.0997 e. The molecule has 1 aromatic rings. The molecule has 1 aromatic carbocycles. The average Bonchev–Trinajstić information content (AvgIpc) is 2.19. The van der Waals surface area contributed by atoms with Crippen LogP contribution in [0.15, 0.2) is 29.8 Å². The quantitative estimate of drug-likeness (QED) is 0.785. The highest BCUT2D eigenvalue weighted by molar-refractivity contribution is 5.60. The summed E-state index contributed by atoms with van der Waals surface area (Å²) in [7, 11) is 1.91. The van der Waals surface area contributed by atoms with E-state index in [0.717, 1.165) is 17.7 Å². The fourth-order valence-electron chi connectivity index (χ4n) is 1.32. The molecule has 1 N–H and O–H groups in total. The van der Waals surface area contributed by atoms with Gasteiger partial charge in [-0.1, -0.05) is 29.8 Å². The molecule has 0 aliphatic carbocycles.